The molecule has 1 aliphatic rings. The molecule has 1 unspecified atom stereocenters. The molecule has 0 radical (unpaired) electrons. The fraction of sp³-hybridized carbons (Fsp3) is 0.240. The standard InChI is InChI=1S/C25H28N4O2Si/c1-29-23(30)25(28-24(29)26,19-9-11-22(12-10-19)32(3,4)5)20-8-6-7-17(13-20)18-14-21(31-2)16-27-15-18/h6-16H,1-5H3,(H2,26,28). The number of nitrogens with zero attached hydrogens (tertiary/aromatic N) is 3. The molecule has 1 atom stereocenters. The minimum Gasteiger partial charge on any atom is -0.495 e. The van der Waals surface area contributed by atoms with Crippen LogP contribution in [0.1, 0.15) is 11.1 Å². The van der Waals surface area contributed by atoms with Crippen molar-refractivity contribution in [3.8, 4) is 16.9 Å². The van der Waals surface area contributed by atoms with Crippen LogP contribution in [-0.4, -0.2) is 44.0 Å². The van der Waals surface area contributed by atoms with Crippen molar-refractivity contribution in [2.24, 2.45) is 10.7 Å². The third-order valence-electron chi connectivity index (χ3n) is 5.97. The summed E-state index contributed by atoms with van der Waals surface area (Å²) < 4.78 is 5.32. The number of ether oxygens (including phenoxy) is 1. The fourth-order valence-corrected chi connectivity index (χ4v) is 5.17. The number of methoxy groups -OCH3 is 1. The second-order valence-corrected chi connectivity index (χ2v) is 14.1. The van der Waals surface area contributed by atoms with Crippen LogP contribution in [-0.2, 0) is 10.3 Å². The van der Waals surface area contributed by atoms with Gasteiger partial charge >= 0.3 is 0 Å². The average molecular weight is 445 g/mol. The predicted molar refractivity (Wildman–Crippen MR) is 131 cm³/mol. The largest absolute Gasteiger partial charge is 0.495 e. The quantitative estimate of drug-likeness (QED) is 0.612. The SMILES string of the molecule is COc1cncc(-c2cccc(C3(c4ccc([Si](C)(C)C)cc4)N=C(N)N(C)C3=O)c2)c1. The first-order valence-corrected chi connectivity index (χ1v) is 14.0. The zero-order chi connectivity index (χ0) is 23.1. The van der Waals surface area contributed by atoms with Crippen molar-refractivity contribution in [2.45, 2.75) is 25.2 Å². The summed E-state index contributed by atoms with van der Waals surface area (Å²) in [6.07, 6.45) is 3.44. The lowest BCUT2D eigenvalue weighted by Gasteiger charge is -2.27. The maximum Gasteiger partial charge on any atom is 0.266 e. The highest BCUT2D eigenvalue weighted by Gasteiger charge is 2.49. The molecular formula is C25H28N4O2Si. The van der Waals surface area contributed by atoms with Crippen LogP contribution in [0.25, 0.3) is 11.1 Å². The Morgan fingerprint density at radius 3 is 2.28 bits per heavy atom. The molecule has 2 aromatic carbocycles. The summed E-state index contributed by atoms with van der Waals surface area (Å²) in [6, 6.07) is 18.0. The zero-order valence-electron chi connectivity index (χ0n) is 19.1. The van der Waals surface area contributed by atoms with E-state index in [1.54, 1.807) is 26.6 Å². The van der Waals surface area contributed by atoms with Crippen molar-refractivity contribution in [1.82, 2.24) is 9.88 Å². The van der Waals surface area contributed by atoms with E-state index in [0.29, 0.717) is 5.75 Å². The highest BCUT2D eigenvalue weighted by Crippen LogP contribution is 2.40. The van der Waals surface area contributed by atoms with Crippen LogP contribution in [0.3, 0.4) is 0 Å². The Morgan fingerprint density at radius 2 is 1.69 bits per heavy atom. The molecule has 0 fully saturated rings. The molecule has 0 saturated carbocycles. The maximum absolute atomic E-state index is 13.6. The second-order valence-electron chi connectivity index (χ2n) is 9.07. The Balaban J connectivity index is 1.89. The summed E-state index contributed by atoms with van der Waals surface area (Å²) in [7, 11) is 1.79. The molecule has 0 spiro atoms. The van der Waals surface area contributed by atoms with Crippen molar-refractivity contribution in [3.05, 3.63) is 78.1 Å². The molecule has 0 aliphatic carbocycles. The number of aromatic nitrogens is 1. The van der Waals surface area contributed by atoms with Crippen LogP contribution in [0.15, 0.2) is 72.0 Å². The van der Waals surface area contributed by atoms with E-state index in [0.717, 1.165) is 22.3 Å². The summed E-state index contributed by atoms with van der Waals surface area (Å²) in [5.74, 6) is 0.706. The summed E-state index contributed by atoms with van der Waals surface area (Å²) in [5, 5.41) is 1.32. The lowest BCUT2D eigenvalue weighted by atomic mass is 9.82. The molecule has 0 saturated heterocycles. The van der Waals surface area contributed by atoms with E-state index in [4.69, 9.17) is 15.5 Å². The summed E-state index contributed by atoms with van der Waals surface area (Å²) in [5.41, 5.74) is 8.30. The molecule has 6 nitrogen and oxygen atoms in total. The van der Waals surface area contributed by atoms with E-state index in [1.807, 2.05) is 42.5 Å². The summed E-state index contributed by atoms with van der Waals surface area (Å²) in [4.78, 5) is 24.0. The molecular weight excluding hydrogens is 416 g/mol. The number of carbonyl (C=O) groups excluding carboxylic acids is 1. The first-order chi connectivity index (χ1) is 15.2. The van der Waals surface area contributed by atoms with Crippen LogP contribution in [0.4, 0.5) is 0 Å². The van der Waals surface area contributed by atoms with Gasteiger partial charge in [0, 0.05) is 18.8 Å². The van der Waals surface area contributed by atoms with E-state index in [1.165, 1.54) is 10.1 Å². The van der Waals surface area contributed by atoms with Gasteiger partial charge in [0.25, 0.3) is 5.91 Å². The van der Waals surface area contributed by atoms with Gasteiger partial charge in [-0.05, 0) is 28.8 Å². The number of benzene rings is 2. The number of nitrogens with two attached hydrogens (primary N) is 1. The van der Waals surface area contributed by atoms with Crippen molar-refractivity contribution in [3.63, 3.8) is 0 Å². The van der Waals surface area contributed by atoms with E-state index >= 15 is 0 Å². The molecule has 1 amide bonds. The van der Waals surface area contributed by atoms with Gasteiger partial charge in [-0.1, -0.05) is 67.3 Å². The highest BCUT2D eigenvalue weighted by molar-refractivity contribution is 6.88. The van der Waals surface area contributed by atoms with Crippen molar-refractivity contribution >= 4 is 25.1 Å². The van der Waals surface area contributed by atoms with Crippen LogP contribution in [0.2, 0.25) is 19.6 Å². The monoisotopic (exact) mass is 444 g/mol. The van der Waals surface area contributed by atoms with Gasteiger partial charge in [0.15, 0.2) is 11.5 Å². The third kappa shape index (κ3) is 3.58. The van der Waals surface area contributed by atoms with Crippen LogP contribution >= 0.6 is 0 Å². The Bertz CT molecular complexity index is 1200. The van der Waals surface area contributed by atoms with Gasteiger partial charge in [0.2, 0.25) is 0 Å². The van der Waals surface area contributed by atoms with Gasteiger partial charge in [-0.25, -0.2) is 4.99 Å². The first kappa shape index (κ1) is 21.8. The van der Waals surface area contributed by atoms with Gasteiger partial charge in [-0.2, -0.15) is 0 Å². The zero-order valence-corrected chi connectivity index (χ0v) is 20.1. The molecule has 2 heterocycles. The summed E-state index contributed by atoms with van der Waals surface area (Å²) >= 11 is 0. The maximum atomic E-state index is 13.6. The molecule has 4 rings (SSSR count). The Hall–Kier alpha value is -3.45. The van der Waals surface area contributed by atoms with E-state index in [-0.39, 0.29) is 11.9 Å². The van der Waals surface area contributed by atoms with E-state index in [2.05, 4.69) is 36.8 Å². The lowest BCUT2D eigenvalue weighted by molar-refractivity contribution is -0.129. The van der Waals surface area contributed by atoms with Crippen molar-refractivity contribution < 1.29 is 9.53 Å². The molecule has 0 bridgehead atoms. The summed E-state index contributed by atoms with van der Waals surface area (Å²) in [6.45, 7) is 6.90. The number of hydrogen-bond donors (Lipinski definition) is 1. The van der Waals surface area contributed by atoms with Crippen molar-refractivity contribution in [2.75, 3.05) is 14.2 Å². The number of rotatable bonds is 5. The van der Waals surface area contributed by atoms with E-state index in [9.17, 15) is 4.79 Å². The molecule has 32 heavy (non-hydrogen) atoms. The number of hydrogen-bond acceptors (Lipinski definition) is 5. The molecule has 164 valence electrons. The second kappa shape index (κ2) is 7.91. The topological polar surface area (TPSA) is 80.8 Å². The van der Waals surface area contributed by atoms with Gasteiger partial charge in [-0.3, -0.25) is 14.7 Å². The third-order valence-corrected chi connectivity index (χ3v) is 8.04. The van der Waals surface area contributed by atoms with Gasteiger partial charge in [0.05, 0.1) is 21.4 Å². The number of likely N-dealkylation sites (N-methyl/N-ethyl adjacent to an activating group) is 1. The molecule has 1 aliphatic heterocycles. The van der Waals surface area contributed by atoms with Crippen molar-refractivity contribution in [1.29, 1.82) is 0 Å². The smallest absolute Gasteiger partial charge is 0.266 e. The minimum atomic E-state index is -1.48. The predicted octanol–water partition coefficient (Wildman–Crippen LogP) is 3.33. The van der Waals surface area contributed by atoms with Crippen LogP contribution in [0, 0.1) is 0 Å². The number of aliphatic imine (C=N–C) groups is 1. The number of carbonyl (C=O) groups is 1. The number of amides is 1. The Labute approximate surface area is 189 Å². The van der Waals surface area contributed by atoms with Gasteiger partial charge < -0.3 is 10.5 Å². The number of guanidine groups is 1. The Morgan fingerprint density at radius 1 is 0.969 bits per heavy atom. The van der Waals surface area contributed by atoms with Crippen LogP contribution in [0.5, 0.6) is 5.75 Å². The molecule has 1 aromatic heterocycles. The van der Waals surface area contributed by atoms with Gasteiger partial charge in [0.1, 0.15) is 5.75 Å². The minimum absolute atomic E-state index is 0.170. The first-order valence-electron chi connectivity index (χ1n) is 10.5. The normalized spacial score (nSPS) is 18.6. The number of pyridine rings is 1. The fourth-order valence-electron chi connectivity index (χ4n) is 4.01. The molecule has 7 heteroatoms. The lowest BCUT2D eigenvalue weighted by Crippen LogP contribution is -2.42. The van der Waals surface area contributed by atoms with E-state index < -0.39 is 13.6 Å². The molecule has 3 aromatic rings. The Kier molecular flexibility index (Phi) is 5.38. The molecule has 2 N–H and O–H groups in total. The highest BCUT2D eigenvalue weighted by atomic mass is 28.3. The average Bonchev–Trinajstić information content (AvgIpc) is 3.03. The van der Waals surface area contributed by atoms with Gasteiger partial charge in [-0.15, -0.1) is 0 Å². The van der Waals surface area contributed by atoms with Crippen LogP contribution < -0.4 is 15.7 Å².